The second kappa shape index (κ2) is 7.14. The van der Waals surface area contributed by atoms with E-state index in [4.69, 9.17) is 4.74 Å². The van der Waals surface area contributed by atoms with Gasteiger partial charge < -0.3 is 15.0 Å². The molecule has 1 aromatic carbocycles. The minimum Gasteiger partial charge on any atom is -0.494 e. The zero-order chi connectivity index (χ0) is 15.4. The number of nitrogens with zero attached hydrogens (tertiary/aromatic N) is 1. The third-order valence-electron chi connectivity index (χ3n) is 4.79. The summed E-state index contributed by atoms with van der Waals surface area (Å²) in [7, 11) is 0. The molecule has 2 aliphatic rings. The summed E-state index contributed by atoms with van der Waals surface area (Å²) in [6.07, 6.45) is 2.50. The molecule has 2 atom stereocenters. The lowest BCUT2D eigenvalue weighted by Gasteiger charge is -2.17. The van der Waals surface area contributed by atoms with Gasteiger partial charge in [-0.25, -0.2) is 0 Å². The van der Waals surface area contributed by atoms with Crippen LogP contribution < -0.4 is 10.1 Å². The van der Waals surface area contributed by atoms with Gasteiger partial charge in [-0.05, 0) is 49.3 Å². The summed E-state index contributed by atoms with van der Waals surface area (Å²) >= 11 is 0. The number of aryl methyl sites for hydroxylation is 1. The van der Waals surface area contributed by atoms with Crippen LogP contribution in [0.4, 0.5) is 0 Å². The maximum absolute atomic E-state index is 12.2. The van der Waals surface area contributed by atoms with E-state index in [0.29, 0.717) is 30.8 Å². The maximum Gasteiger partial charge on any atom is 0.222 e. The molecule has 0 spiro atoms. The Morgan fingerprint density at radius 2 is 2.05 bits per heavy atom. The van der Waals surface area contributed by atoms with Crippen LogP contribution in [0.25, 0.3) is 0 Å². The summed E-state index contributed by atoms with van der Waals surface area (Å²) in [5, 5.41) is 3.41. The number of benzene rings is 1. The molecule has 4 heteroatoms. The molecule has 0 radical (unpaired) electrons. The molecule has 22 heavy (non-hydrogen) atoms. The fourth-order valence-corrected chi connectivity index (χ4v) is 3.49. The van der Waals surface area contributed by atoms with Crippen molar-refractivity contribution in [3.63, 3.8) is 0 Å². The van der Waals surface area contributed by atoms with E-state index in [1.807, 2.05) is 18.2 Å². The highest BCUT2D eigenvalue weighted by Gasteiger charge is 2.37. The van der Waals surface area contributed by atoms with E-state index < -0.39 is 0 Å². The smallest absolute Gasteiger partial charge is 0.222 e. The van der Waals surface area contributed by atoms with Crippen molar-refractivity contribution >= 4 is 5.91 Å². The van der Waals surface area contributed by atoms with E-state index in [-0.39, 0.29) is 0 Å². The third kappa shape index (κ3) is 3.80. The molecule has 4 nitrogen and oxygen atoms in total. The summed E-state index contributed by atoms with van der Waals surface area (Å²) in [5.41, 5.74) is 1.21. The predicted molar refractivity (Wildman–Crippen MR) is 87.0 cm³/mol. The van der Waals surface area contributed by atoms with E-state index in [9.17, 15) is 4.79 Å². The lowest BCUT2D eigenvalue weighted by atomic mass is 10.0. The predicted octanol–water partition coefficient (Wildman–Crippen LogP) is 2.22. The first-order chi connectivity index (χ1) is 10.7. The number of hydrogen-bond donors (Lipinski definition) is 1. The highest BCUT2D eigenvalue weighted by atomic mass is 16.5. The number of carbonyl (C=O) groups excluding carboxylic acids is 1. The summed E-state index contributed by atoms with van der Waals surface area (Å²) in [5.74, 6) is 2.62. The van der Waals surface area contributed by atoms with Crippen molar-refractivity contribution in [3.8, 4) is 5.75 Å². The van der Waals surface area contributed by atoms with Gasteiger partial charge in [0.25, 0.3) is 0 Å². The van der Waals surface area contributed by atoms with Gasteiger partial charge in [0.2, 0.25) is 5.91 Å². The number of likely N-dealkylation sites (tertiary alicyclic amines) is 1. The van der Waals surface area contributed by atoms with Crippen LogP contribution in [0.3, 0.4) is 0 Å². The number of rotatable bonds is 6. The first-order valence-electron chi connectivity index (χ1n) is 8.40. The fourth-order valence-electron chi connectivity index (χ4n) is 3.49. The van der Waals surface area contributed by atoms with Gasteiger partial charge in [0, 0.05) is 32.6 Å². The Morgan fingerprint density at radius 3 is 2.77 bits per heavy atom. The van der Waals surface area contributed by atoms with Gasteiger partial charge >= 0.3 is 0 Å². The second-order valence-corrected chi connectivity index (χ2v) is 6.60. The number of hydrogen-bond acceptors (Lipinski definition) is 3. The number of nitrogens with one attached hydrogen (secondary N) is 1. The monoisotopic (exact) mass is 302 g/mol. The highest BCUT2D eigenvalue weighted by Crippen LogP contribution is 2.26. The molecule has 0 bridgehead atoms. The van der Waals surface area contributed by atoms with Gasteiger partial charge in [-0.1, -0.05) is 12.1 Å². The third-order valence-corrected chi connectivity index (χ3v) is 4.79. The van der Waals surface area contributed by atoms with Gasteiger partial charge in [0.1, 0.15) is 5.75 Å². The average Bonchev–Trinajstić information content (AvgIpc) is 3.08. The van der Waals surface area contributed by atoms with Crippen LogP contribution in [0.1, 0.15) is 24.8 Å². The van der Waals surface area contributed by atoms with Crippen molar-refractivity contribution in [2.45, 2.75) is 26.2 Å². The van der Waals surface area contributed by atoms with Crippen molar-refractivity contribution in [3.05, 3.63) is 29.8 Å². The highest BCUT2D eigenvalue weighted by molar-refractivity contribution is 5.76. The molecule has 120 valence electrons. The van der Waals surface area contributed by atoms with Gasteiger partial charge in [-0.15, -0.1) is 0 Å². The van der Waals surface area contributed by atoms with Crippen LogP contribution in [0.5, 0.6) is 5.75 Å². The van der Waals surface area contributed by atoms with Gasteiger partial charge in [0.05, 0.1) is 6.61 Å². The van der Waals surface area contributed by atoms with Crippen LogP contribution in [0.2, 0.25) is 0 Å². The van der Waals surface area contributed by atoms with Gasteiger partial charge in [-0.3, -0.25) is 4.79 Å². The fraction of sp³-hybridized carbons (Fsp3) is 0.611. The molecule has 2 aliphatic heterocycles. The summed E-state index contributed by atoms with van der Waals surface area (Å²) in [6, 6.07) is 8.09. The van der Waals surface area contributed by atoms with E-state index in [2.05, 4.69) is 23.2 Å². The van der Waals surface area contributed by atoms with Gasteiger partial charge in [0.15, 0.2) is 0 Å². The lowest BCUT2D eigenvalue weighted by molar-refractivity contribution is -0.130. The average molecular weight is 302 g/mol. The van der Waals surface area contributed by atoms with Crippen molar-refractivity contribution in [1.29, 1.82) is 0 Å². The number of ether oxygens (including phenoxy) is 1. The van der Waals surface area contributed by atoms with Crippen molar-refractivity contribution in [2.24, 2.45) is 11.8 Å². The Balaban J connectivity index is 1.31. The summed E-state index contributed by atoms with van der Waals surface area (Å²) in [6.45, 7) is 6.82. The number of fused-ring (bicyclic) bond motifs is 1. The Kier molecular flexibility index (Phi) is 4.98. The van der Waals surface area contributed by atoms with Crippen molar-refractivity contribution in [2.75, 3.05) is 32.8 Å². The SMILES string of the molecule is Cc1cccc(OCCCCC(=O)N2C[C@H]3CNC[C@H]3C2)c1. The largest absolute Gasteiger partial charge is 0.494 e. The van der Waals surface area contributed by atoms with Crippen LogP contribution >= 0.6 is 0 Å². The summed E-state index contributed by atoms with van der Waals surface area (Å²) in [4.78, 5) is 14.3. The molecule has 0 aromatic heterocycles. The van der Waals surface area contributed by atoms with E-state index >= 15 is 0 Å². The first-order valence-corrected chi connectivity index (χ1v) is 8.40. The standard InChI is InChI=1S/C18H26N2O2/c1-14-5-4-6-17(9-14)22-8-3-2-7-18(21)20-12-15-10-19-11-16(15)13-20/h4-6,9,15-16,19H,2-3,7-8,10-13H2,1H3/t15-,16+. The first kappa shape index (κ1) is 15.3. The van der Waals surface area contributed by atoms with E-state index in [1.54, 1.807) is 0 Å². The summed E-state index contributed by atoms with van der Waals surface area (Å²) < 4.78 is 5.72. The molecule has 2 heterocycles. The van der Waals surface area contributed by atoms with Crippen LogP contribution in [0.15, 0.2) is 24.3 Å². The molecule has 2 saturated heterocycles. The Hall–Kier alpha value is -1.55. The second-order valence-electron chi connectivity index (χ2n) is 6.60. The van der Waals surface area contributed by atoms with E-state index in [0.717, 1.165) is 44.8 Å². The molecule has 1 aromatic rings. The minimum absolute atomic E-state index is 0.324. The van der Waals surface area contributed by atoms with Crippen LogP contribution in [0, 0.1) is 18.8 Å². The van der Waals surface area contributed by atoms with Crippen molar-refractivity contribution in [1.82, 2.24) is 10.2 Å². The number of carbonyl (C=O) groups is 1. The molecule has 1 amide bonds. The Bertz CT molecular complexity index is 506. The zero-order valence-electron chi connectivity index (χ0n) is 13.4. The molecule has 0 saturated carbocycles. The number of amides is 1. The van der Waals surface area contributed by atoms with Crippen LogP contribution in [-0.2, 0) is 4.79 Å². The van der Waals surface area contributed by atoms with Crippen molar-refractivity contribution < 1.29 is 9.53 Å². The van der Waals surface area contributed by atoms with Crippen LogP contribution in [-0.4, -0.2) is 43.6 Å². The molecular formula is C18H26N2O2. The van der Waals surface area contributed by atoms with E-state index in [1.165, 1.54) is 5.56 Å². The number of unbranched alkanes of at least 4 members (excludes halogenated alkanes) is 1. The molecule has 2 fully saturated rings. The molecule has 0 aliphatic carbocycles. The Morgan fingerprint density at radius 1 is 1.27 bits per heavy atom. The minimum atomic E-state index is 0.324. The molecule has 0 unspecified atom stereocenters. The Labute approximate surface area is 132 Å². The quantitative estimate of drug-likeness (QED) is 0.819. The lowest BCUT2D eigenvalue weighted by Crippen LogP contribution is -2.31. The molecular weight excluding hydrogens is 276 g/mol. The maximum atomic E-state index is 12.2. The van der Waals surface area contributed by atoms with Gasteiger partial charge in [-0.2, -0.15) is 0 Å². The zero-order valence-corrected chi connectivity index (χ0v) is 13.4. The topological polar surface area (TPSA) is 41.6 Å². The molecule has 3 rings (SSSR count). The normalized spacial score (nSPS) is 23.6. The molecule has 1 N–H and O–H groups in total.